The summed E-state index contributed by atoms with van der Waals surface area (Å²) < 4.78 is 5.27. The van der Waals surface area contributed by atoms with Crippen LogP contribution in [0.2, 0.25) is 0 Å². The normalized spacial score (nSPS) is 24.6. The minimum Gasteiger partial charge on any atom is -0.382 e. The van der Waals surface area contributed by atoms with Gasteiger partial charge in [0.2, 0.25) is 0 Å². The molecule has 0 bridgehead atoms. The second-order valence-electron chi connectivity index (χ2n) is 4.43. The third-order valence-electron chi connectivity index (χ3n) is 2.84. The third kappa shape index (κ3) is 1.88. The first-order valence-corrected chi connectivity index (χ1v) is 5.22. The van der Waals surface area contributed by atoms with Gasteiger partial charge in [0, 0.05) is 12.3 Å². The van der Waals surface area contributed by atoms with Crippen molar-refractivity contribution in [3.05, 3.63) is 11.3 Å². The number of carbonyl (C=O) groups excluding carboxylic acids is 1. The molecule has 1 aromatic heterocycles. The van der Waals surface area contributed by atoms with Gasteiger partial charge >= 0.3 is 0 Å². The SMILES string of the molecule is Cc1[nH]nc(N)c1C(=O)NC1(C)CCOC1. The zero-order chi connectivity index (χ0) is 11.8. The van der Waals surface area contributed by atoms with Gasteiger partial charge in [-0.05, 0) is 20.3 Å². The Labute approximate surface area is 93.5 Å². The van der Waals surface area contributed by atoms with Crippen molar-refractivity contribution < 1.29 is 9.53 Å². The second-order valence-corrected chi connectivity index (χ2v) is 4.43. The first-order chi connectivity index (χ1) is 7.52. The average molecular weight is 224 g/mol. The maximum atomic E-state index is 12.0. The Hall–Kier alpha value is -1.56. The molecule has 6 heteroatoms. The molecule has 0 spiro atoms. The summed E-state index contributed by atoms with van der Waals surface area (Å²) in [4.78, 5) is 12.0. The highest BCUT2D eigenvalue weighted by Gasteiger charge is 2.32. The van der Waals surface area contributed by atoms with E-state index in [0.29, 0.717) is 24.5 Å². The highest BCUT2D eigenvalue weighted by molar-refractivity contribution is 5.99. The van der Waals surface area contributed by atoms with E-state index in [1.807, 2.05) is 6.92 Å². The number of anilines is 1. The Bertz CT molecular complexity index is 387. The molecule has 1 aliphatic rings. The number of nitrogens with two attached hydrogens (primary N) is 1. The largest absolute Gasteiger partial charge is 0.382 e. The third-order valence-corrected chi connectivity index (χ3v) is 2.84. The van der Waals surface area contributed by atoms with E-state index < -0.39 is 0 Å². The lowest BCUT2D eigenvalue weighted by Gasteiger charge is -2.23. The molecule has 0 radical (unpaired) electrons. The number of hydrogen-bond donors (Lipinski definition) is 3. The molecule has 1 amide bonds. The summed E-state index contributed by atoms with van der Waals surface area (Å²) in [5, 5.41) is 9.42. The Morgan fingerprint density at radius 2 is 2.44 bits per heavy atom. The summed E-state index contributed by atoms with van der Waals surface area (Å²) in [5.74, 6) is 0.0364. The zero-order valence-electron chi connectivity index (χ0n) is 9.46. The fourth-order valence-corrected chi connectivity index (χ4v) is 1.84. The van der Waals surface area contributed by atoms with Crippen LogP contribution in [0.5, 0.6) is 0 Å². The topological polar surface area (TPSA) is 93.0 Å². The summed E-state index contributed by atoms with van der Waals surface area (Å²) in [5.41, 5.74) is 6.43. The highest BCUT2D eigenvalue weighted by atomic mass is 16.5. The van der Waals surface area contributed by atoms with Crippen molar-refractivity contribution in [3.8, 4) is 0 Å². The molecular formula is C10H16N4O2. The van der Waals surface area contributed by atoms with Crippen molar-refractivity contribution >= 4 is 11.7 Å². The minimum absolute atomic E-state index is 0.197. The summed E-state index contributed by atoms with van der Waals surface area (Å²) in [6.45, 7) is 4.95. The van der Waals surface area contributed by atoms with Crippen molar-refractivity contribution in [1.29, 1.82) is 0 Å². The van der Waals surface area contributed by atoms with E-state index in [4.69, 9.17) is 10.5 Å². The van der Waals surface area contributed by atoms with Crippen molar-refractivity contribution in [2.45, 2.75) is 25.8 Å². The number of amides is 1. The molecule has 1 fully saturated rings. The Kier molecular flexibility index (Phi) is 2.59. The second kappa shape index (κ2) is 3.79. The lowest BCUT2D eigenvalue weighted by molar-refractivity contribution is 0.0890. The molecule has 6 nitrogen and oxygen atoms in total. The van der Waals surface area contributed by atoms with Gasteiger partial charge in [-0.25, -0.2) is 0 Å². The predicted molar refractivity (Wildman–Crippen MR) is 59.0 cm³/mol. The lowest BCUT2D eigenvalue weighted by atomic mass is 10.0. The number of nitrogens with one attached hydrogen (secondary N) is 2. The molecule has 0 aliphatic carbocycles. The molecule has 1 aliphatic heterocycles. The first kappa shape index (κ1) is 10.9. The number of aryl methyl sites for hydroxylation is 1. The number of nitrogen functional groups attached to an aromatic ring is 1. The van der Waals surface area contributed by atoms with Crippen LogP contribution in [0.3, 0.4) is 0 Å². The van der Waals surface area contributed by atoms with Crippen LogP contribution in [-0.2, 0) is 4.74 Å². The van der Waals surface area contributed by atoms with Gasteiger partial charge in [0.1, 0.15) is 5.56 Å². The van der Waals surface area contributed by atoms with Crippen molar-refractivity contribution in [2.24, 2.45) is 0 Å². The maximum absolute atomic E-state index is 12.0. The molecule has 2 heterocycles. The number of nitrogens with zero attached hydrogens (tertiary/aromatic N) is 1. The van der Waals surface area contributed by atoms with E-state index in [1.165, 1.54) is 0 Å². The van der Waals surface area contributed by atoms with Crippen LogP contribution in [0.1, 0.15) is 29.4 Å². The predicted octanol–water partition coefficient (Wildman–Crippen LogP) is 0.209. The van der Waals surface area contributed by atoms with Gasteiger partial charge in [0.05, 0.1) is 12.1 Å². The van der Waals surface area contributed by atoms with Gasteiger partial charge in [-0.3, -0.25) is 9.89 Å². The lowest BCUT2D eigenvalue weighted by Crippen LogP contribution is -2.46. The van der Waals surface area contributed by atoms with Crippen LogP contribution in [0.4, 0.5) is 5.82 Å². The van der Waals surface area contributed by atoms with E-state index >= 15 is 0 Å². The monoisotopic (exact) mass is 224 g/mol. The molecule has 1 atom stereocenters. The molecule has 1 aromatic rings. The summed E-state index contributed by atoms with van der Waals surface area (Å²) in [6.07, 6.45) is 0.815. The fourth-order valence-electron chi connectivity index (χ4n) is 1.84. The molecule has 2 rings (SSSR count). The molecule has 88 valence electrons. The van der Waals surface area contributed by atoms with Gasteiger partial charge in [0.25, 0.3) is 5.91 Å². The van der Waals surface area contributed by atoms with Crippen LogP contribution in [0.15, 0.2) is 0 Å². The van der Waals surface area contributed by atoms with Gasteiger partial charge in [-0.2, -0.15) is 5.10 Å². The van der Waals surface area contributed by atoms with Crippen LogP contribution < -0.4 is 11.1 Å². The quantitative estimate of drug-likeness (QED) is 0.669. The standard InChI is InChI=1S/C10H16N4O2/c1-6-7(8(11)14-13-6)9(15)12-10(2)3-4-16-5-10/h3-5H2,1-2H3,(H,12,15)(H3,11,13,14). The minimum atomic E-state index is -0.298. The van der Waals surface area contributed by atoms with E-state index in [-0.39, 0.29) is 17.3 Å². The fraction of sp³-hybridized carbons (Fsp3) is 0.600. The molecular weight excluding hydrogens is 208 g/mol. The average Bonchev–Trinajstić information content (AvgIpc) is 2.74. The van der Waals surface area contributed by atoms with Gasteiger partial charge in [-0.15, -0.1) is 0 Å². The number of carbonyl (C=O) groups is 1. The molecule has 16 heavy (non-hydrogen) atoms. The van der Waals surface area contributed by atoms with Crippen molar-refractivity contribution in [2.75, 3.05) is 18.9 Å². The Balaban J connectivity index is 2.14. The van der Waals surface area contributed by atoms with E-state index in [0.717, 1.165) is 6.42 Å². The van der Waals surface area contributed by atoms with Crippen LogP contribution in [0, 0.1) is 6.92 Å². The summed E-state index contributed by atoms with van der Waals surface area (Å²) >= 11 is 0. The van der Waals surface area contributed by atoms with Crippen LogP contribution in [-0.4, -0.2) is 34.9 Å². The van der Waals surface area contributed by atoms with Crippen molar-refractivity contribution in [1.82, 2.24) is 15.5 Å². The number of hydrogen-bond acceptors (Lipinski definition) is 4. The number of rotatable bonds is 2. The Morgan fingerprint density at radius 1 is 1.69 bits per heavy atom. The van der Waals surface area contributed by atoms with E-state index in [9.17, 15) is 4.79 Å². The Morgan fingerprint density at radius 3 is 2.94 bits per heavy atom. The smallest absolute Gasteiger partial charge is 0.257 e. The number of ether oxygens (including phenoxy) is 1. The zero-order valence-corrected chi connectivity index (χ0v) is 9.46. The molecule has 4 N–H and O–H groups in total. The number of aromatic amines is 1. The summed E-state index contributed by atoms with van der Waals surface area (Å²) in [7, 11) is 0. The van der Waals surface area contributed by atoms with Gasteiger partial charge in [0.15, 0.2) is 5.82 Å². The van der Waals surface area contributed by atoms with E-state index in [2.05, 4.69) is 15.5 Å². The van der Waals surface area contributed by atoms with Crippen LogP contribution in [0.25, 0.3) is 0 Å². The number of aromatic nitrogens is 2. The van der Waals surface area contributed by atoms with Gasteiger partial charge < -0.3 is 15.8 Å². The van der Waals surface area contributed by atoms with Crippen molar-refractivity contribution in [3.63, 3.8) is 0 Å². The maximum Gasteiger partial charge on any atom is 0.257 e. The van der Waals surface area contributed by atoms with Gasteiger partial charge in [-0.1, -0.05) is 0 Å². The summed E-state index contributed by atoms with van der Waals surface area (Å²) in [6, 6.07) is 0. The van der Waals surface area contributed by atoms with Crippen LogP contribution >= 0.6 is 0 Å². The molecule has 0 aromatic carbocycles. The highest BCUT2D eigenvalue weighted by Crippen LogP contribution is 2.20. The number of H-pyrrole nitrogens is 1. The molecule has 1 unspecified atom stereocenters. The van der Waals surface area contributed by atoms with E-state index in [1.54, 1.807) is 6.92 Å². The molecule has 0 saturated carbocycles. The first-order valence-electron chi connectivity index (χ1n) is 5.22. The molecule has 1 saturated heterocycles.